The van der Waals surface area contributed by atoms with Crippen LogP contribution in [-0.2, 0) is 4.79 Å². The molecule has 1 unspecified atom stereocenters. The molecule has 1 atom stereocenters. The predicted molar refractivity (Wildman–Crippen MR) is 107 cm³/mol. The van der Waals surface area contributed by atoms with Gasteiger partial charge in [0.05, 0.1) is 16.8 Å². The van der Waals surface area contributed by atoms with Crippen molar-refractivity contribution in [2.75, 3.05) is 18.0 Å². The van der Waals surface area contributed by atoms with E-state index in [2.05, 4.69) is 53.0 Å². The molecule has 0 bridgehead atoms. The lowest BCUT2D eigenvalue weighted by atomic mass is 9.95. The highest BCUT2D eigenvalue weighted by molar-refractivity contribution is 6.02. The van der Waals surface area contributed by atoms with Crippen molar-refractivity contribution < 1.29 is 9.90 Å². The van der Waals surface area contributed by atoms with Crippen LogP contribution in [0.4, 0.5) is 5.82 Å². The van der Waals surface area contributed by atoms with Gasteiger partial charge in [0.25, 0.3) is 0 Å². The Hall–Kier alpha value is -2.95. The van der Waals surface area contributed by atoms with E-state index in [4.69, 9.17) is 0 Å². The molecule has 4 rings (SSSR count). The van der Waals surface area contributed by atoms with Crippen molar-refractivity contribution in [2.24, 2.45) is 5.92 Å². The standard InChI is InChI=1S/C22H23N3O2/c1-14-8-9-16(11-15(14)2)18-6-3-7-19-20(18)21(24-13-23-19)25-10-4-5-17(12-25)22(26)27/h3,6-9,11,13,17H,4-5,10,12H2,1-2H3,(H,26,27). The van der Waals surface area contributed by atoms with E-state index in [1.807, 2.05) is 12.1 Å². The molecule has 27 heavy (non-hydrogen) atoms. The molecule has 1 aromatic heterocycles. The van der Waals surface area contributed by atoms with Gasteiger partial charge in [0.2, 0.25) is 0 Å². The van der Waals surface area contributed by atoms with E-state index in [0.29, 0.717) is 6.54 Å². The Morgan fingerprint density at radius 3 is 2.78 bits per heavy atom. The van der Waals surface area contributed by atoms with Gasteiger partial charge in [-0.25, -0.2) is 9.97 Å². The monoisotopic (exact) mass is 361 g/mol. The highest BCUT2D eigenvalue weighted by atomic mass is 16.4. The molecule has 1 fully saturated rings. The first kappa shape index (κ1) is 17.5. The molecule has 0 aliphatic carbocycles. The van der Waals surface area contributed by atoms with Crippen LogP contribution in [0.2, 0.25) is 0 Å². The summed E-state index contributed by atoms with van der Waals surface area (Å²) in [5, 5.41) is 10.4. The fourth-order valence-corrected chi connectivity index (χ4v) is 3.85. The molecule has 0 saturated carbocycles. The zero-order chi connectivity index (χ0) is 19.0. The minimum absolute atomic E-state index is 0.349. The Morgan fingerprint density at radius 1 is 1.15 bits per heavy atom. The summed E-state index contributed by atoms with van der Waals surface area (Å²) in [6.45, 7) is 5.53. The summed E-state index contributed by atoms with van der Waals surface area (Å²) in [5.41, 5.74) is 5.60. The molecular weight excluding hydrogens is 338 g/mol. The first-order chi connectivity index (χ1) is 13.0. The van der Waals surface area contributed by atoms with Gasteiger partial charge >= 0.3 is 5.97 Å². The summed E-state index contributed by atoms with van der Waals surface area (Å²) in [6, 6.07) is 12.6. The van der Waals surface area contributed by atoms with Crippen molar-refractivity contribution in [3.05, 3.63) is 53.9 Å². The Labute approximate surface area is 158 Å². The molecule has 5 heteroatoms. The number of aryl methyl sites for hydroxylation is 2. The zero-order valence-corrected chi connectivity index (χ0v) is 15.6. The molecule has 0 spiro atoms. The van der Waals surface area contributed by atoms with E-state index in [9.17, 15) is 9.90 Å². The van der Waals surface area contributed by atoms with Crippen molar-refractivity contribution in [1.82, 2.24) is 9.97 Å². The summed E-state index contributed by atoms with van der Waals surface area (Å²) in [7, 11) is 0. The Morgan fingerprint density at radius 2 is 2.00 bits per heavy atom. The summed E-state index contributed by atoms with van der Waals surface area (Å²) >= 11 is 0. The van der Waals surface area contributed by atoms with Crippen LogP contribution in [0.25, 0.3) is 22.0 Å². The largest absolute Gasteiger partial charge is 0.481 e. The number of aromatic nitrogens is 2. The van der Waals surface area contributed by atoms with E-state index < -0.39 is 5.97 Å². The first-order valence-electron chi connectivity index (χ1n) is 9.33. The second kappa shape index (κ2) is 6.99. The Kier molecular flexibility index (Phi) is 4.52. The number of nitrogens with zero attached hydrogens (tertiary/aromatic N) is 3. The molecule has 1 N–H and O–H groups in total. The average molecular weight is 361 g/mol. The van der Waals surface area contributed by atoms with Gasteiger partial charge in [0.1, 0.15) is 12.1 Å². The van der Waals surface area contributed by atoms with Crippen molar-refractivity contribution in [1.29, 1.82) is 0 Å². The van der Waals surface area contributed by atoms with Crippen LogP contribution in [-0.4, -0.2) is 34.1 Å². The number of benzene rings is 2. The first-order valence-corrected chi connectivity index (χ1v) is 9.33. The lowest BCUT2D eigenvalue weighted by molar-refractivity contribution is -0.141. The quantitative estimate of drug-likeness (QED) is 0.757. The van der Waals surface area contributed by atoms with Gasteiger partial charge < -0.3 is 10.0 Å². The molecule has 2 aromatic carbocycles. The van der Waals surface area contributed by atoms with Crippen LogP contribution in [0.5, 0.6) is 0 Å². The molecule has 1 aliphatic heterocycles. The second-order valence-corrected chi connectivity index (χ2v) is 7.32. The molecule has 2 heterocycles. The van der Waals surface area contributed by atoms with Gasteiger partial charge in [-0.2, -0.15) is 0 Å². The number of hydrogen-bond acceptors (Lipinski definition) is 4. The number of anilines is 1. The third-order valence-corrected chi connectivity index (χ3v) is 5.53. The molecule has 1 aliphatic rings. The number of carboxylic acid groups (broad SMARTS) is 1. The number of fused-ring (bicyclic) bond motifs is 1. The van der Waals surface area contributed by atoms with Crippen LogP contribution in [0.15, 0.2) is 42.7 Å². The van der Waals surface area contributed by atoms with Gasteiger partial charge in [-0.05, 0) is 55.0 Å². The average Bonchev–Trinajstić information content (AvgIpc) is 2.69. The van der Waals surface area contributed by atoms with E-state index >= 15 is 0 Å². The molecule has 0 amide bonds. The van der Waals surface area contributed by atoms with Crippen LogP contribution in [0, 0.1) is 19.8 Å². The molecule has 138 valence electrons. The number of piperidine rings is 1. The van der Waals surface area contributed by atoms with Crippen LogP contribution >= 0.6 is 0 Å². The Bertz CT molecular complexity index is 1010. The number of aliphatic carboxylic acids is 1. The lowest BCUT2D eigenvalue weighted by Gasteiger charge is -2.32. The summed E-state index contributed by atoms with van der Waals surface area (Å²) in [6.07, 6.45) is 3.15. The number of rotatable bonds is 3. The van der Waals surface area contributed by atoms with Crippen LogP contribution in [0.1, 0.15) is 24.0 Å². The molecule has 0 radical (unpaired) electrons. The van der Waals surface area contributed by atoms with E-state index in [-0.39, 0.29) is 5.92 Å². The van der Waals surface area contributed by atoms with E-state index in [0.717, 1.165) is 47.2 Å². The van der Waals surface area contributed by atoms with Crippen molar-refractivity contribution in [3.8, 4) is 11.1 Å². The number of carbonyl (C=O) groups is 1. The van der Waals surface area contributed by atoms with Crippen molar-refractivity contribution >= 4 is 22.7 Å². The van der Waals surface area contributed by atoms with E-state index in [1.165, 1.54) is 11.1 Å². The van der Waals surface area contributed by atoms with Gasteiger partial charge in [-0.15, -0.1) is 0 Å². The Balaban J connectivity index is 1.87. The predicted octanol–water partition coefficient (Wildman–Crippen LogP) is 4.21. The molecule has 3 aromatic rings. The topological polar surface area (TPSA) is 66.3 Å². The maximum Gasteiger partial charge on any atom is 0.308 e. The summed E-state index contributed by atoms with van der Waals surface area (Å²) in [5.74, 6) is -0.246. The van der Waals surface area contributed by atoms with Crippen LogP contribution < -0.4 is 4.90 Å². The maximum atomic E-state index is 11.5. The minimum Gasteiger partial charge on any atom is -0.481 e. The number of carboxylic acids is 1. The lowest BCUT2D eigenvalue weighted by Crippen LogP contribution is -2.39. The highest BCUT2D eigenvalue weighted by Crippen LogP contribution is 2.35. The SMILES string of the molecule is Cc1ccc(-c2cccc3ncnc(N4CCCC(C(=O)O)C4)c23)cc1C. The fourth-order valence-electron chi connectivity index (χ4n) is 3.85. The van der Waals surface area contributed by atoms with Gasteiger partial charge in [0.15, 0.2) is 0 Å². The smallest absolute Gasteiger partial charge is 0.308 e. The third-order valence-electron chi connectivity index (χ3n) is 5.53. The highest BCUT2D eigenvalue weighted by Gasteiger charge is 2.27. The minimum atomic E-state index is -0.729. The fraction of sp³-hybridized carbons (Fsp3) is 0.318. The van der Waals surface area contributed by atoms with E-state index in [1.54, 1.807) is 6.33 Å². The molecule has 1 saturated heterocycles. The molecular formula is C22H23N3O2. The van der Waals surface area contributed by atoms with Gasteiger partial charge in [-0.1, -0.05) is 30.3 Å². The van der Waals surface area contributed by atoms with Crippen LogP contribution in [0.3, 0.4) is 0 Å². The summed E-state index contributed by atoms with van der Waals surface area (Å²) in [4.78, 5) is 22.6. The second-order valence-electron chi connectivity index (χ2n) is 7.32. The van der Waals surface area contributed by atoms with Crippen molar-refractivity contribution in [2.45, 2.75) is 26.7 Å². The zero-order valence-electron chi connectivity index (χ0n) is 15.6. The normalized spacial score (nSPS) is 17.3. The number of hydrogen-bond donors (Lipinski definition) is 1. The summed E-state index contributed by atoms with van der Waals surface area (Å²) < 4.78 is 0. The maximum absolute atomic E-state index is 11.5. The van der Waals surface area contributed by atoms with Gasteiger partial charge in [0, 0.05) is 13.1 Å². The van der Waals surface area contributed by atoms with Gasteiger partial charge in [-0.3, -0.25) is 4.79 Å². The molecule has 5 nitrogen and oxygen atoms in total. The van der Waals surface area contributed by atoms with Crippen molar-refractivity contribution in [3.63, 3.8) is 0 Å². The third kappa shape index (κ3) is 3.25.